The number of rotatable bonds is 5. The summed E-state index contributed by atoms with van der Waals surface area (Å²) in [6, 6.07) is 3.71. The fraction of sp³-hybridized carbons (Fsp3) is 0.400. The third kappa shape index (κ3) is 2.76. The van der Waals surface area contributed by atoms with Gasteiger partial charge in [-0.3, -0.25) is 9.69 Å². The maximum Gasteiger partial charge on any atom is 0.357 e. The second-order valence-electron chi connectivity index (χ2n) is 5.10. The minimum absolute atomic E-state index is 0.00819. The van der Waals surface area contributed by atoms with Crippen LogP contribution in [0.15, 0.2) is 28.2 Å². The highest BCUT2D eigenvalue weighted by molar-refractivity contribution is 7.14. The largest absolute Gasteiger partial charge is 0.469 e. The minimum atomic E-state index is -0.467. The van der Waals surface area contributed by atoms with Gasteiger partial charge in [0.25, 0.3) is 0 Å². The minimum Gasteiger partial charge on any atom is -0.469 e. The summed E-state index contributed by atoms with van der Waals surface area (Å²) in [5.41, 5.74) is 0.236. The standard InChI is InChI=1S/C15H16N2O4S/c1-3-20-14(19)11-8-22-15(16-11)17(2)13(18)10-7-9(10)12-5-4-6-21-12/h4-6,8-10H,3,7H2,1-2H3/t9-,10-/m0/s1. The quantitative estimate of drug-likeness (QED) is 0.792. The van der Waals surface area contributed by atoms with Crippen molar-refractivity contribution in [3.05, 3.63) is 35.2 Å². The lowest BCUT2D eigenvalue weighted by molar-refractivity contribution is -0.119. The van der Waals surface area contributed by atoms with Gasteiger partial charge in [-0.25, -0.2) is 9.78 Å². The van der Waals surface area contributed by atoms with Crippen LogP contribution in [0.25, 0.3) is 0 Å². The van der Waals surface area contributed by atoms with Gasteiger partial charge in [0.2, 0.25) is 5.91 Å². The second kappa shape index (κ2) is 5.92. The molecule has 0 aliphatic heterocycles. The number of amides is 1. The third-order valence-electron chi connectivity index (χ3n) is 3.61. The first-order chi connectivity index (χ1) is 10.6. The number of carbonyl (C=O) groups is 2. The molecular weight excluding hydrogens is 304 g/mol. The van der Waals surface area contributed by atoms with E-state index in [-0.39, 0.29) is 23.4 Å². The molecule has 0 N–H and O–H groups in total. The van der Waals surface area contributed by atoms with Crippen molar-refractivity contribution >= 4 is 28.3 Å². The summed E-state index contributed by atoms with van der Waals surface area (Å²) < 4.78 is 10.2. The van der Waals surface area contributed by atoms with Gasteiger partial charge in [-0.05, 0) is 25.5 Å². The SMILES string of the molecule is CCOC(=O)c1csc(N(C)C(=O)[C@H]2C[C@@H]2c2ccco2)n1. The van der Waals surface area contributed by atoms with E-state index < -0.39 is 5.97 Å². The highest BCUT2D eigenvalue weighted by atomic mass is 32.1. The van der Waals surface area contributed by atoms with E-state index in [0.717, 1.165) is 12.2 Å². The van der Waals surface area contributed by atoms with E-state index in [1.807, 2.05) is 12.1 Å². The van der Waals surface area contributed by atoms with Gasteiger partial charge in [0.1, 0.15) is 5.76 Å². The van der Waals surface area contributed by atoms with E-state index in [4.69, 9.17) is 9.15 Å². The fourth-order valence-electron chi connectivity index (χ4n) is 2.34. The lowest BCUT2D eigenvalue weighted by atomic mass is 10.2. The molecule has 0 aromatic carbocycles. The van der Waals surface area contributed by atoms with Crippen LogP contribution in [0.2, 0.25) is 0 Å². The number of nitrogens with zero attached hydrogens (tertiary/aromatic N) is 2. The van der Waals surface area contributed by atoms with Crippen molar-refractivity contribution in [3.63, 3.8) is 0 Å². The molecule has 0 unspecified atom stereocenters. The predicted octanol–water partition coefficient (Wildman–Crippen LogP) is 2.68. The number of thiazole rings is 1. The van der Waals surface area contributed by atoms with Crippen LogP contribution in [0, 0.1) is 5.92 Å². The average molecular weight is 320 g/mol. The Morgan fingerprint density at radius 3 is 3.05 bits per heavy atom. The Labute approximate surface area is 131 Å². The molecule has 2 aromatic rings. The number of anilines is 1. The zero-order chi connectivity index (χ0) is 15.7. The van der Waals surface area contributed by atoms with E-state index in [1.54, 1.807) is 25.6 Å². The zero-order valence-electron chi connectivity index (χ0n) is 12.3. The summed E-state index contributed by atoms with van der Waals surface area (Å²) in [4.78, 5) is 29.7. The van der Waals surface area contributed by atoms with Crippen LogP contribution >= 0.6 is 11.3 Å². The summed E-state index contributed by atoms with van der Waals surface area (Å²) in [6.07, 6.45) is 2.40. The molecule has 1 fully saturated rings. The van der Waals surface area contributed by atoms with Crippen molar-refractivity contribution in [3.8, 4) is 0 Å². The summed E-state index contributed by atoms with van der Waals surface area (Å²) in [5.74, 6) is 0.440. The van der Waals surface area contributed by atoms with Crippen molar-refractivity contribution in [1.29, 1.82) is 0 Å². The molecule has 2 atom stereocenters. The Bertz CT molecular complexity index is 680. The first-order valence-corrected chi connectivity index (χ1v) is 7.93. The van der Waals surface area contributed by atoms with Crippen LogP contribution in [-0.2, 0) is 9.53 Å². The molecule has 1 saturated carbocycles. The van der Waals surface area contributed by atoms with Crippen molar-refractivity contribution < 1.29 is 18.7 Å². The molecule has 0 radical (unpaired) electrons. The van der Waals surface area contributed by atoms with Crippen LogP contribution in [0.3, 0.4) is 0 Å². The van der Waals surface area contributed by atoms with Crippen molar-refractivity contribution in [1.82, 2.24) is 4.98 Å². The predicted molar refractivity (Wildman–Crippen MR) is 81.0 cm³/mol. The van der Waals surface area contributed by atoms with Crippen LogP contribution in [0.1, 0.15) is 35.5 Å². The molecule has 3 rings (SSSR count). The van der Waals surface area contributed by atoms with E-state index in [1.165, 1.54) is 16.2 Å². The number of hydrogen-bond acceptors (Lipinski definition) is 6. The first kappa shape index (κ1) is 14.8. The Balaban J connectivity index is 1.66. The maximum atomic E-state index is 12.5. The number of carbonyl (C=O) groups excluding carboxylic acids is 2. The highest BCUT2D eigenvalue weighted by Gasteiger charge is 2.47. The number of esters is 1. The number of furan rings is 1. The first-order valence-electron chi connectivity index (χ1n) is 7.05. The molecular formula is C15H16N2O4S. The van der Waals surface area contributed by atoms with Crippen molar-refractivity contribution in [2.75, 3.05) is 18.6 Å². The van der Waals surface area contributed by atoms with Crippen LogP contribution in [0.4, 0.5) is 5.13 Å². The van der Waals surface area contributed by atoms with E-state index >= 15 is 0 Å². The molecule has 1 aliphatic carbocycles. The van der Waals surface area contributed by atoms with Gasteiger partial charge in [-0.15, -0.1) is 11.3 Å². The van der Waals surface area contributed by atoms with E-state index in [0.29, 0.717) is 11.7 Å². The van der Waals surface area contributed by atoms with Gasteiger partial charge in [0, 0.05) is 24.3 Å². The Morgan fingerprint density at radius 1 is 1.55 bits per heavy atom. The topological polar surface area (TPSA) is 72.6 Å². The van der Waals surface area contributed by atoms with Gasteiger partial charge < -0.3 is 9.15 Å². The maximum absolute atomic E-state index is 12.5. The third-order valence-corrected chi connectivity index (χ3v) is 4.53. The van der Waals surface area contributed by atoms with Crippen LogP contribution < -0.4 is 4.90 Å². The van der Waals surface area contributed by atoms with Crippen molar-refractivity contribution in [2.45, 2.75) is 19.3 Å². The Morgan fingerprint density at radius 2 is 2.36 bits per heavy atom. The summed E-state index contributed by atoms with van der Waals surface area (Å²) in [5, 5.41) is 2.10. The lowest BCUT2D eigenvalue weighted by Crippen LogP contribution is -2.28. The molecule has 0 spiro atoms. The Kier molecular flexibility index (Phi) is 3.98. The van der Waals surface area contributed by atoms with Gasteiger partial charge in [0.15, 0.2) is 10.8 Å². The smallest absolute Gasteiger partial charge is 0.357 e. The fourth-order valence-corrected chi connectivity index (χ4v) is 3.11. The molecule has 22 heavy (non-hydrogen) atoms. The molecule has 2 heterocycles. The summed E-state index contributed by atoms with van der Waals surface area (Å²) in [6.45, 7) is 2.04. The molecule has 6 nitrogen and oxygen atoms in total. The normalized spacial score (nSPS) is 19.7. The van der Waals surface area contributed by atoms with Gasteiger partial charge in [-0.2, -0.15) is 0 Å². The summed E-state index contributed by atoms with van der Waals surface area (Å²) >= 11 is 1.25. The van der Waals surface area contributed by atoms with Crippen LogP contribution in [-0.4, -0.2) is 30.5 Å². The van der Waals surface area contributed by atoms with Gasteiger partial charge in [0.05, 0.1) is 12.9 Å². The molecule has 116 valence electrons. The number of hydrogen-bond donors (Lipinski definition) is 0. The van der Waals surface area contributed by atoms with Crippen LogP contribution in [0.5, 0.6) is 0 Å². The average Bonchev–Trinajstić information content (AvgIpc) is 2.96. The molecule has 0 saturated heterocycles. The zero-order valence-corrected chi connectivity index (χ0v) is 13.1. The molecule has 2 aromatic heterocycles. The lowest BCUT2D eigenvalue weighted by Gasteiger charge is -2.13. The molecule has 7 heteroatoms. The summed E-state index contributed by atoms with van der Waals surface area (Å²) in [7, 11) is 1.67. The molecule has 1 aliphatic rings. The molecule has 1 amide bonds. The van der Waals surface area contributed by atoms with E-state index in [2.05, 4.69) is 4.98 Å². The van der Waals surface area contributed by atoms with Gasteiger partial charge >= 0.3 is 5.97 Å². The highest BCUT2D eigenvalue weighted by Crippen LogP contribution is 2.48. The number of aromatic nitrogens is 1. The van der Waals surface area contributed by atoms with Crippen molar-refractivity contribution in [2.24, 2.45) is 5.92 Å². The van der Waals surface area contributed by atoms with Gasteiger partial charge in [-0.1, -0.05) is 0 Å². The second-order valence-corrected chi connectivity index (χ2v) is 5.93. The number of ether oxygens (including phenoxy) is 1. The molecule has 0 bridgehead atoms. The van der Waals surface area contributed by atoms with E-state index in [9.17, 15) is 9.59 Å². The monoisotopic (exact) mass is 320 g/mol. The Hall–Kier alpha value is -2.15.